The quantitative estimate of drug-likeness (QED) is 0.303. The number of benzene rings is 2. The van der Waals surface area contributed by atoms with Gasteiger partial charge in [-0.3, -0.25) is 0 Å². The Bertz CT molecular complexity index is 973. The van der Waals surface area contributed by atoms with Gasteiger partial charge in [0.15, 0.2) is 18.3 Å². The molecule has 1 heterocycles. The first kappa shape index (κ1) is 18.4. The fraction of sp³-hybridized carbons (Fsp3) is 0.0556. The Morgan fingerprint density at radius 1 is 1.22 bits per heavy atom. The molecule has 1 aromatic heterocycles. The SMILES string of the molecule is N/C(=N\OC(=O)c1ccn(COc2cccc(Cl)c2)n1)c1ccc(F)cc1. The lowest BCUT2D eigenvalue weighted by molar-refractivity contribution is 0.0507. The van der Waals surface area contributed by atoms with E-state index in [1.54, 1.807) is 30.5 Å². The smallest absolute Gasteiger partial charge is 0.385 e. The van der Waals surface area contributed by atoms with Gasteiger partial charge in [0.1, 0.15) is 11.6 Å². The fourth-order valence-corrected chi connectivity index (χ4v) is 2.23. The predicted octanol–water partition coefficient (Wildman–Crippen LogP) is 3.19. The number of carbonyl (C=O) groups is 1. The molecule has 0 aliphatic carbocycles. The number of nitrogens with two attached hydrogens (primary N) is 1. The lowest BCUT2D eigenvalue weighted by Gasteiger charge is -2.06. The van der Waals surface area contributed by atoms with Gasteiger partial charge in [0, 0.05) is 16.8 Å². The number of ether oxygens (including phenoxy) is 1. The summed E-state index contributed by atoms with van der Waals surface area (Å²) in [5.74, 6) is -0.693. The second kappa shape index (κ2) is 8.33. The summed E-state index contributed by atoms with van der Waals surface area (Å²) >= 11 is 5.88. The lowest BCUT2D eigenvalue weighted by atomic mass is 10.2. The fourth-order valence-electron chi connectivity index (χ4n) is 2.05. The van der Waals surface area contributed by atoms with Crippen molar-refractivity contribution in [1.82, 2.24) is 9.78 Å². The third-order valence-electron chi connectivity index (χ3n) is 3.38. The van der Waals surface area contributed by atoms with Crippen molar-refractivity contribution >= 4 is 23.4 Å². The van der Waals surface area contributed by atoms with Gasteiger partial charge in [0.2, 0.25) is 0 Å². The van der Waals surface area contributed by atoms with Gasteiger partial charge in [-0.2, -0.15) is 5.10 Å². The molecular weight excluding hydrogens is 375 g/mol. The molecule has 138 valence electrons. The zero-order chi connectivity index (χ0) is 19.2. The summed E-state index contributed by atoms with van der Waals surface area (Å²) in [6.45, 7) is 0.0780. The molecule has 0 atom stereocenters. The largest absolute Gasteiger partial charge is 0.471 e. The standard InChI is InChI=1S/C18H14ClFN4O3/c19-13-2-1-3-15(10-13)26-11-24-9-8-16(22-24)18(25)27-23-17(21)12-4-6-14(20)7-5-12/h1-10H,11H2,(H2,21,23). The van der Waals surface area contributed by atoms with Crippen LogP contribution in [-0.4, -0.2) is 21.6 Å². The molecule has 27 heavy (non-hydrogen) atoms. The second-order valence-corrected chi connectivity index (χ2v) is 5.77. The van der Waals surface area contributed by atoms with E-state index in [4.69, 9.17) is 26.9 Å². The molecule has 3 rings (SSSR count). The Kier molecular flexibility index (Phi) is 5.68. The van der Waals surface area contributed by atoms with Crippen molar-refractivity contribution in [2.24, 2.45) is 10.9 Å². The number of hydrogen-bond acceptors (Lipinski definition) is 5. The molecule has 0 unspecified atom stereocenters. The third-order valence-corrected chi connectivity index (χ3v) is 3.61. The first-order chi connectivity index (χ1) is 13.0. The second-order valence-electron chi connectivity index (χ2n) is 5.33. The van der Waals surface area contributed by atoms with E-state index in [0.29, 0.717) is 16.3 Å². The molecule has 3 aromatic rings. The maximum Gasteiger partial charge on any atom is 0.385 e. The number of halogens is 2. The molecule has 2 N–H and O–H groups in total. The number of nitrogens with zero attached hydrogens (tertiary/aromatic N) is 3. The summed E-state index contributed by atoms with van der Waals surface area (Å²) in [4.78, 5) is 16.8. The van der Waals surface area contributed by atoms with Crippen molar-refractivity contribution in [3.8, 4) is 5.75 Å². The Morgan fingerprint density at radius 3 is 2.74 bits per heavy atom. The van der Waals surface area contributed by atoms with Gasteiger partial charge in [-0.15, -0.1) is 0 Å². The minimum atomic E-state index is -0.790. The van der Waals surface area contributed by atoms with Crippen molar-refractivity contribution < 1.29 is 18.8 Å². The van der Waals surface area contributed by atoms with Crippen LogP contribution in [0.2, 0.25) is 5.02 Å². The van der Waals surface area contributed by atoms with Crippen molar-refractivity contribution in [3.63, 3.8) is 0 Å². The lowest BCUT2D eigenvalue weighted by Crippen LogP contribution is -2.15. The molecule has 0 fully saturated rings. The van der Waals surface area contributed by atoms with E-state index in [0.717, 1.165) is 0 Å². The third kappa shape index (κ3) is 5.05. The van der Waals surface area contributed by atoms with Crippen LogP contribution in [0.3, 0.4) is 0 Å². The van der Waals surface area contributed by atoms with E-state index in [2.05, 4.69) is 10.3 Å². The zero-order valence-electron chi connectivity index (χ0n) is 13.9. The van der Waals surface area contributed by atoms with Crippen LogP contribution in [0.4, 0.5) is 4.39 Å². The van der Waals surface area contributed by atoms with Gasteiger partial charge in [0.05, 0.1) is 0 Å². The first-order valence-corrected chi connectivity index (χ1v) is 8.11. The summed E-state index contributed by atoms with van der Waals surface area (Å²) in [5, 5.41) is 8.12. The first-order valence-electron chi connectivity index (χ1n) is 7.74. The van der Waals surface area contributed by atoms with Crippen LogP contribution >= 0.6 is 11.6 Å². The van der Waals surface area contributed by atoms with E-state index in [1.807, 2.05) is 0 Å². The highest BCUT2D eigenvalue weighted by Crippen LogP contribution is 2.17. The Hall–Kier alpha value is -3.39. The van der Waals surface area contributed by atoms with Crippen molar-refractivity contribution in [1.29, 1.82) is 0 Å². The van der Waals surface area contributed by atoms with Crippen molar-refractivity contribution in [2.75, 3.05) is 0 Å². The summed E-state index contributed by atoms with van der Waals surface area (Å²) in [6.07, 6.45) is 1.55. The topological polar surface area (TPSA) is 91.7 Å². The summed E-state index contributed by atoms with van der Waals surface area (Å²) in [7, 11) is 0. The number of hydrogen-bond donors (Lipinski definition) is 1. The van der Waals surface area contributed by atoms with E-state index in [9.17, 15) is 9.18 Å². The van der Waals surface area contributed by atoms with E-state index < -0.39 is 11.8 Å². The molecule has 9 heteroatoms. The Morgan fingerprint density at radius 2 is 2.00 bits per heavy atom. The summed E-state index contributed by atoms with van der Waals surface area (Å²) < 4.78 is 19.8. The van der Waals surface area contributed by atoms with Crippen LogP contribution in [0.5, 0.6) is 5.75 Å². The Labute approximate surface area is 158 Å². The van der Waals surface area contributed by atoms with Crippen molar-refractivity contribution in [2.45, 2.75) is 6.73 Å². The van der Waals surface area contributed by atoms with Gasteiger partial charge in [0.25, 0.3) is 0 Å². The van der Waals surface area contributed by atoms with E-state index in [1.165, 1.54) is 35.0 Å². The normalized spacial score (nSPS) is 11.3. The Balaban J connectivity index is 1.58. The number of aromatic nitrogens is 2. The molecule has 0 aliphatic heterocycles. The number of carbonyl (C=O) groups excluding carboxylic acids is 1. The average molecular weight is 389 g/mol. The molecule has 0 saturated carbocycles. The summed E-state index contributed by atoms with van der Waals surface area (Å²) in [6, 6.07) is 13.6. The van der Waals surface area contributed by atoms with Crippen LogP contribution < -0.4 is 10.5 Å². The highest BCUT2D eigenvalue weighted by Gasteiger charge is 2.12. The van der Waals surface area contributed by atoms with Crippen LogP contribution in [0, 0.1) is 5.82 Å². The van der Waals surface area contributed by atoms with E-state index >= 15 is 0 Å². The maximum absolute atomic E-state index is 12.9. The van der Waals surface area contributed by atoms with Crippen LogP contribution in [0.1, 0.15) is 16.1 Å². The predicted molar refractivity (Wildman–Crippen MR) is 96.8 cm³/mol. The molecule has 0 radical (unpaired) electrons. The number of rotatable bonds is 6. The minimum Gasteiger partial charge on any atom is -0.471 e. The van der Waals surface area contributed by atoms with Crippen LogP contribution in [0.15, 0.2) is 65.9 Å². The minimum absolute atomic E-state index is 0.0281. The van der Waals surface area contributed by atoms with Gasteiger partial charge in [-0.25, -0.2) is 13.9 Å². The molecule has 0 spiro atoms. The van der Waals surface area contributed by atoms with Crippen molar-refractivity contribution in [3.05, 3.63) is 82.9 Å². The monoisotopic (exact) mass is 388 g/mol. The number of amidine groups is 1. The average Bonchev–Trinajstić information content (AvgIpc) is 3.14. The zero-order valence-corrected chi connectivity index (χ0v) is 14.6. The molecule has 2 aromatic carbocycles. The van der Waals surface area contributed by atoms with Gasteiger partial charge in [-0.05, 0) is 48.5 Å². The summed E-state index contributed by atoms with van der Waals surface area (Å²) in [5.41, 5.74) is 6.14. The molecule has 0 bridgehead atoms. The number of oxime groups is 1. The maximum atomic E-state index is 12.9. The van der Waals surface area contributed by atoms with Crippen LogP contribution in [-0.2, 0) is 11.6 Å². The van der Waals surface area contributed by atoms with Gasteiger partial charge in [-0.1, -0.05) is 22.8 Å². The molecule has 0 saturated heterocycles. The molecule has 0 amide bonds. The van der Waals surface area contributed by atoms with Gasteiger partial charge < -0.3 is 15.3 Å². The highest BCUT2D eigenvalue weighted by molar-refractivity contribution is 6.30. The highest BCUT2D eigenvalue weighted by atomic mass is 35.5. The molecule has 0 aliphatic rings. The van der Waals surface area contributed by atoms with E-state index in [-0.39, 0.29) is 18.3 Å². The molecular formula is C18H14ClFN4O3. The van der Waals surface area contributed by atoms with Gasteiger partial charge >= 0.3 is 5.97 Å². The van der Waals surface area contributed by atoms with Crippen LogP contribution in [0.25, 0.3) is 0 Å². The molecule has 7 nitrogen and oxygen atoms in total.